The van der Waals surface area contributed by atoms with Crippen molar-refractivity contribution < 1.29 is 9.59 Å². The summed E-state index contributed by atoms with van der Waals surface area (Å²) in [5.74, 6) is 0.626. The maximum absolute atomic E-state index is 12.4. The Morgan fingerprint density at radius 1 is 1.30 bits per heavy atom. The summed E-state index contributed by atoms with van der Waals surface area (Å²) in [4.78, 5) is 26.2. The minimum Gasteiger partial charge on any atom is -0.347 e. The van der Waals surface area contributed by atoms with Gasteiger partial charge in [0.25, 0.3) is 0 Å². The first-order chi connectivity index (χ1) is 11.2. The van der Waals surface area contributed by atoms with Gasteiger partial charge in [0.05, 0.1) is 6.04 Å². The van der Waals surface area contributed by atoms with Gasteiger partial charge in [-0.2, -0.15) is 0 Å². The summed E-state index contributed by atoms with van der Waals surface area (Å²) in [6.07, 6.45) is 8.50. The highest BCUT2D eigenvalue weighted by atomic mass is 16.2. The second kappa shape index (κ2) is 7.44. The van der Waals surface area contributed by atoms with Crippen molar-refractivity contribution in [3.63, 3.8) is 0 Å². The molecule has 1 aliphatic heterocycles. The first-order valence-corrected chi connectivity index (χ1v) is 8.51. The van der Waals surface area contributed by atoms with E-state index in [0.29, 0.717) is 25.3 Å². The van der Waals surface area contributed by atoms with E-state index in [1.165, 1.54) is 0 Å². The van der Waals surface area contributed by atoms with E-state index in [9.17, 15) is 9.59 Å². The van der Waals surface area contributed by atoms with E-state index in [2.05, 4.69) is 17.5 Å². The van der Waals surface area contributed by atoms with Crippen LogP contribution in [0, 0.1) is 5.92 Å². The molecule has 3 rings (SSSR count). The van der Waals surface area contributed by atoms with Crippen LogP contribution >= 0.6 is 0 Å². The number of nitrogens with zero attached hydrogens (tertiary/aromatic N) is 1. The Labute approximate surface area is 137 Å². The Morgan fingerprint density at radius 3 is 2.78 bits per heavy atom. The maximum Gasteiger partial charge on any atom is 0.222 e. The van der Waals surface area contributed by atoms with Crippen molar-refractivity contribution >= 4 is 11.8 Å². The van der Waals surface area contributed by atoms with Gasteiger partial charge in [0, 0.05) is 25.9 Å². The molecule has 0 unspecified atom stereocenters. The van der Waals surface area contributed by atoms with Gasteiger partial charge < -0.3 is 10.2 Å². The van der Waals surface area contributed by atoms with Crippen LogP contribution in [0.2, 0.25) is 0 Å². The fourth-order valence-corrected chi connectivity index (χ4v) is 3.39. The Kier molecular flexibility index (Phi) is 5.11. The van der Waals surface area contributed by atoms with E-state index >= 15 is 0 Å². The van der Waals surface area contributed by atoms with Crippen molar-refractivity contribution in [1.29, 1.82) is 0 Å². The van der Waals surface area contributed by atoms with Gasteiger partial charge in [0.1, 0.15) is 0 Å². The molecule has 1 aromatic rings. The van der Waals surface area contributed by atoms with Gasteiger partial charge in [0.15, 0.2) is 0 Å². The summed E-state index contributed by atoms with van der Waals surface area (Å²) in [6, 6.07) is 9.81. The molecule has 1 aromatic carbocycles. The zero-order valence-electron chi connectivity index (χ0n) is 13.4. The summed E-state index contributed by atoms with van der Waals surface area (Å²) in [6.45, 7) is 1.36. The standard InChI is InChI=1S/C19H24N2O2/c22-18(13-15-7-4-5-8-15)20-17(16-9-2-1-3-10-16)14-21-12-6-11-19(21)23/h1-4,7,9-10,15,17H,5-6,8,11-14H2,(H,20,22)/t15-,17-/m1/s1. The molecule has 0 radical (unpaired) electrons. The third-order valence-corrected chi connectivity index (χ3v) is 4.67. The van der Waals surface area contributed by atoms with Crippen molar-refractivity contribution in [2.45, 2.75) is 38.1 Å². The highest BCUT2D eigenvalue weighted by molar-refractivity contribution is 5.79. The average Bonchev–Trinajstić information content (AvgIpc) is 3.20. The largest absolute Gasteiger partial charge is 0.347 e. The predicted octanol–water partition coefficient (Wildman–Crippen LogP) is 2.82. The first kappa shape index (κ1) is 15.8. The predicted molar refractivity (Wildman–Crippen MR) is 89.6 cm³/mol. The number of rotatable bonds is 6. The Bertz CT molecular complexity index is 582. The lowest BCUT2D eigenvalue weighted by Gasteiger charge is -2.25. The quantitative estimate of drug-likeness (QED) is 0.821. The first-order valence-electron chi connectivity index (χ1n) is 8.51. The zero-order chi connectivity index (χ0) is 16.1. The number of likely N-dealkylation sites (tertiary alicyclic amines) is 1. The van der Waals surface area contributed by atoms with Gasteiger partial charge in [-0.3, -0.25) is 9.59 Å². The molecule has 1 N–H and O–H groups in total. The molecule has 1 heterocycles. The second-order valence-electron chi connectivity index (χ2n) is 6.44. The Morgan fingerprint density at radius 2 is 2.13 bits per heavy atom. The molecule has 0 saturated carbocycles. The number of benzene rings is 1. The third-order valence-electron chi connectivity index (χ3n) is 4.67. The smallest absolute Gasteiger partial charge is 0.222 e. The van der Waals surface area contributed by atoms with Gasteiger partial charge in [-0.05, 0) is 30.7 Å². The van der Waals surface area contributed by atoms with Crippen LogP contribution in [0.5, 0.6) is 0 Å². The van der Waals surface area contributed by atoms with Crippen molar-refractivity contribution in [1.82, 2.24) is 10.2 Å². The molecule has 2 amide bonds. The molecule has 1 aliphatic carbocycles. The number of carbonyl (C=O) groups excluding carboxylic acids is 2. The van der Waals surface area contributed by atoms with Gasteiger partial charge in [-0.15, -0.1) is 0 Å². The van der Waals surface area contributed by atoms with Crippen LogP contribution in [0.25, 0.3) is 0 Å². The topological polar surface area (TPSA) is 49.4 Å². The Balaban J connectivity index is 1.65. The summed E-state index contributed by atoms with van der Waals surface area (Å²) in [5.41, 5.74) is 1.06. The van der Waals surface area contributed by atoms with E-state index in [-0.39, 0.29) is 17.9 Å². The third kappa shape index (κ3) is 4.21. The molecule has 0 spiro atoms. The van der Waals surface area contributed by atoms with Crippen molar-refractivity contribution in [3.8, 4) is 0 Å². The van der Waals surface area contributed by atoms with Gasteiger partial charge >= 0.3 is 0 Å². The molecule has 4 heteroatoms. The van der Waals surface area contributed by atoms with Crippen LogP contribution < -0.4 is 5.32 Å². The lowest BCUT2D eigenvalue weighted by atomic mass is 10.0. The fourth-order valence-electron chi connectivity index (χ4n) is 3.39. The molecular weight excluding hydrogens is 288 g/mol. The van der Waals surface area contributed by atoms with Crippen LogP contribution in [0.1, 0.15) is 43.7 Å². The molecule has 1 saturated heterocycles. The SMILES string of the molecule is O=C(C[C@@H]1C=CCC1)N[C@H](CN1CCCC1=O)c1ccccc1. The Hall–Kier alpha value is -2.10. The van der Waals surface area contributed by atoms with E-state index in [0.717, 1.165) is 31.4 Å². The summed E-state index contributed by atoms with van der Waals surface area (Å²) >= 11 is 0. The minimum absolute atomic E-state index is 0.0713. The van der Waals surface area contributed by atoms with E-state index in [4.69, 9.17) is 0 Å². The summed E-state index contributed by atoms with van der Waals surface area (Å²) in [5, 5.41) is 3.14. The number of carbonyl (C=O) groups is 2. The minimum atomic E-state index is -0.129. The van der Waals surface area contributed by atoms with Crippen molar-refractivity contribution in [2.24, 2.45) is 5.92 Å². The molecule has 4 nitrogen and oxygen atoms in total. The lowest BCUT2D eigenvalue weighted by Crippen LogP contribution is -2.39. The van der Waals surface area contributed by atoms with Crippen molar-refractivity contribution in [2.75, 3.05) is 13.1 Å². The van der Waals surface area contributed by atoms with Crippen molar-refractivity contribution in [3.05, 3.63) is 48.0 Å². The molecule has 0 bridgehead atoms. The summed E-state index contributed by atoms with van der Waals surface area (Å²) in [7, 11) is 0. The normalized spacial score (nSPS) is 21.7. The average molecular weight is 312 g/mol. The molecule has 2 aliphatic rings. The molecule has 1 fully saturated rings. The fraction of sp³-hybridized carbons (Fsp3) is 0.474. The molecule has 0 aromatic heterocycles. The van der Waals surface area contributed by atoms with Crippen LogP contribution in [-0.2, 0) is 9.59 Å². The zero-order valence-corrected chi connectivity index (χ0v) is 13.4. The number of nitrogens with one attached hydrogen (secondary N) is 1. The summed E-state index contributed by atoms with van der Waals surface area (Å²) < 4.78 is 0. The van der Waals surface area contributed by atoms with Gasteiger partial charge in [-0.25, -0.2) is 0 Å². The highest BCUT2D eigenvalue weighted by Crippen LogP contribution is 2.22. The van der Waals surface area contributed by atoms with Crippen LogP contribution in [0.4, 0.5) is 0 Å². The monoisotopic (exact) mass is 312 g/mol. The van der Waals surface area contributed by atoms with Gasteiger partial charge in [-0.1, -0.05) is 42.5 Å². The van der Waals surface area contributed by atoms with Crippen LogP contribution in [-0.4, -0.2) is 29.8 Å². The molecule has 2 atom stereocenters. The number of allylic oxidation sites excluding steroid dienone is 2. The van der Waals surface area contributed by atoms with Crippen LogP contribution in [0.3, 0.4) is 0 Å². The second-order valence-corrected chi connectivity index (χ2v) is 6.44. The van der Waals surface area contributed by atoms with E-state index in [1.807, 2.05) is 35.2 Å². The van der Waals surface area contributed by atoms with E-state index < -0.39 is 0 Å². The molecule has 23 heavy (non-hydrogen) atoms. The maximum atomic E-state index is 12.4. The molecular formula is C19H24N2O2. The molecule has 122 valence electrons. The number of hydrogen-bond donors (Lipinski definition) is 1. The van der Waals surface area contributed by atoms with E-state index in [1.54, 1.807) is 0 Å². The highest BCUT2D eigenvalue weighted by Gasteiger charge is 2.25. The number of amides is 2. The lowest BCUT2D eigenvalue weighted by molar-refractivity contribution is -0.129. The number of hydrogen-bond acceptors (Lipinski definition) is 2. The van der Waals surface area contributed by atoms with Gasteiger partial charge in [0.2, 0.25) is 11.8 Å². The van der Waals surface area contributed by atoms with Crippen LogP contribution in [0.15, 0.2) is 42.5 Å².